The summed E-state index contributed by atoms with van der Waals surface area (Å²) in [5, 5.41) is 11.8. The molecule has 0 saturated carbocycles. The standard InChI is InChI=1S/C18H16N2O4/c21-16-10-17(22)20(18(23)19-16)11-14-7-4-8-15(9-14)24-12-13-5-2-1-3-6-13/h1-10,22H,11-12H2,(H,19,21,23)/p-1. The number of benzene rings is 2. The molecule has 122 valence electrons. The summed E-state index contributed by atoms with van der Waals surface area (Å²) in [7, 11) is 0. The molecule has 1 heterocycles. The second-order valence-corrected chi connectivity index (χ2v) is 5.28. The van der Waals surface area contributed by atoms with Gasteiger partial charge in [0.05, 0.1) is 6.54 Å². The highest BCUT2D eigenvalue weighted by Crippen LogP contribution is 2.16. The van der Waals surface area contributed by atoms with Gasteiger partial charge in [-0.1, -0.05) is 42.5 Å². The Morgan fingerprint density at radius 3 is 2.46 bits per heavy atom. The minimum Gasteiger partial charge on any atom is -0.860 e. The van der Waals surface area contributed by atoms with E-state index in [1.165, 1.54) is 0 Å². The average molecular weight is 323 g/mol. The maximum Gasteiger partial charge on any atom is 0.328 e. The van der Waals surface area contributed by atoms with Crippen LogP contribution in [0.4, 0.5) is 0 Å². The molecule has 6 heteroatoms. The molecule has 0 atom stereocenters. The first kappa shape index (κ1) is 15.6. The molecule has 0 spiro atoms. The molecule has 3 aromatic rings. The van der Waals surface area contributed by atoms with E-state index >= 15 is 0 Å². The first-order chi connectivity index (χ1) is 11.6. The molecule has 6 nitrogen and oxygen atoms in total. The highest BCUT2D eigenvalue weighted by Gasteiger charge is 2.03. The average Bonchev–Trinajstić information content (AvgIpc) is 2.58. The topological polar surface area (TPSA) is 87.1 Å². The molecule has 0 aliphatic carbocycles. The molecule has 3 rings (SSSR count). The minimum absolute atomic E-state index is 0.0665. The summed E-state index contributed by atoms with van der Waals surface area (Å²) in [4.78, 5) is 24.9. The second-order valence-electron chi connectivity index (χ2n) is 5.28. The third-order valence-corrected chi connectivity index (χ3v) is 3.48. The zero-order chi connectivity index (χ0) is 16.9. The first-order valence-electron chi connectivity index (χ1n) is 7.39. The number of ether oxygens (including phenoxy) is 1. The Labute approximate surface area is 137 Å². The molecule has 0 radical (unpaired) electrons. The molecule has 0 amide bonds. The van der Waals surface area contributed by atoms with Crippen LogP contribution in [0.2, 0.25) is 0 Å². The lowest BCUT2D eigenvalue weighted by Crippen LogP contribution is -2.31. The van der Waals surface area contributed by atoms with Crippen LogP contribution in [0, 0.1) is 0 Å². The van der Waals surface area contributed by atoms with E-state index in [2.05, 4.69) is 4.98 Å². The van der Waals surface area contributed by atoms with Gasteiger partial charge >= 0.3 is 5.69 Å². The Morgan fingerprint density at radius 2 is 1.71 bits per heavy atom. The lowest BCUT2D eigenvalue weighted by atomic mass is 10.2. The van der Waals surface area contributed by atoms with Gasteiger partial charge in [-0.2, -0.15) is 0 Å². The first-order valence-corrected chi connectivity index (χ1v) is 7.39. The van der Waals surface area contributed by atoms with Crippen LogP contribution in [0.5, 0.6) is 11.6 Å². The van der Waals surface area contributed by atoms with Crippen LogP contribution in [0.3, 0.4) is 0 Å². The molecule has 0 aliphatic heterocycles. The molecule has 24 heavy (non-hydrogen) atoms. The highest BCUT2D eigenvalue weighted by atomic mass is 16.5. The van der Waals surface area contributed by atoms with Crippen molar-refractivity contribution in [2.45, 2.75) is 13.2 Å². The molecule has 1 aromatic heterocycles. The van der Waals surface area contributed by atoms with Crippen molar-refractivity contribution in [3.63, 3.8) is 0 Å². The van der Waals surface area contributed by atoms with E-state index in [9.17, 15) is 14.7 Å². The number of aromatic amines is 1. The monoisotopic (exact) mass is 323 g/mol. The quantitative estimate of drug-likeness (QED) is 0.765. The number of aromatic nitrogens is 2. The third kappa shape index (κ3) is 3.73. The van der Waals surface area contributed by atoms with Crippen molar-refractivity contribution in [1.82, 2.24) is 9.55 Å². The van der Waals surface area contributed by atoms with Crippen LogP contribution in [-0.2, 0) is 13.2 Å². The van der Waals surface area contributed by atoms with Crippen LogP contribution in [-0.4, -0.2) is 9.55 Å². The van der Waals surface area contributed by atoms with Gasteiger partial charge in [-0.3, -0.25) is 9.78 Å². The predicted octanol–water partition coefficient (Wildman–Crippen LogP) is 1.24. The predicted molar refractivity (Wildman–Crippen MR) is 87.1 cm³/mol. The van der Waals surface area contributed by atoms with Gasteiger partial charge in [0.2, 0.25) is 0 Å². The SMILES string of the molecule is O=c1cc([O-])n(Cc2cccc(OCc3ccccc3)c2)c(=O)[nH]1. The van der Waals surface area contributed by atoms with Crippen LogP contribution < -0.4 is 21.1 Å². The van der Waals surface area contributed by atoms with Gasteiger partial charge in [-0.15, -0.1) is 0 Å². The zero-order valence-corrected chi connectivity index (χ0v) is 12.8. The van der Waals surface area contributed by atoms with Crippen LogP contribution >= 0.6 is 0 Å². The Balaban J connectivity index is 1.76. The number of hydrogen-bond donors (Lipinski definition) is 1. The number of nitrogens with one attached hydrogen (secondary N) is 1. The van der Waals surface area contributed by atoms with Crippen molar-refractivity contribution in [1.29, 1.82) is 0 Å². The molecular formula is C18H15N2O4-. The summed E-state index contributed by atoms with van der Waals surface area (Å²) in [5.74, 6) is 0.0145. The largest absolute Gasteiger partial charge is 0.860 e. The van der Waals surface area contributed by atoms with Crippen molar-refractivity contribution in [2.24, 2.45) is 0 Å². The van der Waals surface area contributed by atoms with Gasteiger partial charge in [-0.25, -0.2) is 4.79 Å². The summed E-state index contributed by atoms with van der Waals surface area (Å²) in [6, 6.07) is 17.7. The van der Waals surface area contributed by atoms with Gasteiger partial charge < -0.3 is 14.4 Å². The number of rotatable bonds is 5. The van der Waals surface area contributed by atoms with Gasteiger partial charge in [0, 0.05) is 6.07 Å². The van der Waals surface area contributed by atoms with Crippen molar-refractivity contribution in [3.8, 4) is 11.6 Å². The Kier molecular flexibility index (Phi) is 4.47. The van der Waals surface area contributed by atoms with E-state index in [0.717, 1.165) is 21.8 Å². The van der Waals surface area contributed by atoms with Crippen LogP contribution in [0.1, 0.15) is 11.1 Å². The molecule has 0 bridgehead atoms. The summed E-state index contributed by atoms with van der Waals surface area (Å²) in [6.07, 6.45) is 0. The van der Waals surface area contributed by atoms with Gasteiger partial charge in [0.25, 0.3) is 5.56 Å². The van der Waals surface area contributed by atoms with E-state index in [-0.39, 0.29) is 6.54 Å². The summed E-state index contributed by atoms with van der Waals surface area (Å²) >= 11 is 0. The van der Waals surface area contributed by atoms with Crippen LogP contribution in [0.15, 0.2) is 70.3 Å². The summed E-state index contributed by atoms with van der Waals surface area (Å²) < 4.78 is 6.70. The van der Waals surface area contributed by atoms with E-state index < -0.39 is 17.1 Å². The number of H-pyrrole nitrogens is 1. The number of nitrogens with zero attached hydrogens (tertiary/aromatic N) is 1. The minimum atomic E-state index is -0.719. The Morgan fingerprint density at radius 1 is 0.958 bits per heavy atom. The smallest absolute Gasteiger partial charge is 0.328 e. The van der Waals surface area contributed by atoms with E-state index in [1.54, 1.807) is 24.3 Å². The maximum absolute atomic E-state index is 11.8. The molecular weight excluding hydrogens is 308 g/mol. The molecule has 1 N–H and O–H groups in total. The van der Waals surface area contributed by atoms with Crippen molar-refractivity contribution in [3.05, 3.63) is 92.6 Å². The summed E-state index contributed by atoms with van der Waals surface area (Å²) in [5.41, 5.74) is 0.359. The third-order valence-electron chi connectivity index (χ3n) is 3.48. The fourth-order valence-corrected chi connectivity index (χ4v) is 2.31. The van der Waals surface area contributed by atoms with Gasteiger partial charge in [0.1, 0.15) is 12.4 Å². The van der Waals surface area contributed by atoms with Gasteiger partial charge in [-0.05, 0) is 29.1 Å². The van der Waals surface area contributed by atoms with Gasteiger partial charge in [0.15, 0.2) is 0 Å². The van der Waals surface area contributed by atoms with Crippen molar-refractivity contribution in [2.75, 3.05) is 0 Å². The lowest BCUT2D eigenvalue weighted by molar-refractivity contribution is -0.280. The van der Waals surface area contributed by atoms with E-state index in [1.807, 2.05) is 30.3 Å². The van der Waals surface area contributed by atoms with E-state index in [4.69, 9.17) is 4.74 Å². The fraction of sp³-hybridized carbons (Fsp3) is 0.111. The van der Waals surface area contributed by atoms with Crippen molar-refractivity contribution >= 4 is 0 Å². The maximum atomic E-state index is 11.8. The second kappa shape index (κ2) is 6.87. The fourth-order valence-electron chi connectivity index (χ4n) is 2.31. The normalized spacial score (nSPS) is 10.5. The Hall–Kier alpha value is -3.28. The summed E-state index contributed by atoms with van der Waals surface area (Å²) in [6.45, 7) is 0.493. The van der Waals surface area contributed by atoms with Crippen molar-refractivity contribution < 1.29 is 9.84 Å². The van der Waals surface area contributed by atoms with Crippen LogP contribution in [0.25, 0.3) is 0 Å². The molecule has 0 fully saturated rings. The van der Waals surface area contributed by atoms with E-state index in [0.29, 0.717) is 12.4 Å². The lowest BCUT2D eigenvalue weighted by Gasteiger charge is -2.15. The molecule has 0 aliphatic rings. The molecule has 2 aromatic carbocycles. The highest BCUT2D eigenvalue weighted by molar-refractivity contribution is 5.29. The molecule has 0 saturated heterocycles. The number of hydrogen-bond acceptors (Lipinski definition) is 4. The molecule has 0 unspecified atom stereocenters. The Bertz CT molecular complexity index is 945. The zero-order valence-electron chi connectivity index (χ0n) is 12.8.